The van der Waals surface area contributed by atoms with Gasteiger partial charge in [0.25, 0.3) is 0 Å². The normalized spacial score (nSPS) is 23.1. The number of benzene rings is 4. The number of amides is 1. The maximum Gasteiger partial charge on any atom is 0.238 e. The predicted octanol–water partition coefficient (Wildman–Crippen LogP) is 5.69. The van der Waals surface area contributed by atoms with Crippen molar-refractivity contribution in [2.75, 3.05) is 19.5 Å². The van der Waals surface area contributed by atoms with Gasteiger partial charge < -0.3 is 19.7 Å². The Bertz CT molecular complexity index is 1780. The van der Waals surface area contributed by atoms with E-state index in [1.165, 1.54) is 14.2 Å². The zero-order valence-corrected chi connectivity index (χ0v) is 23.1. The van der Waals surface area contributed by atoms with Crippen molar-refractivity contribution in [1.29, 1.82) is 0 Å². The van der Waals surface area contributed by atoms with Crippen molar-refractivity contribution < 1.29 is 23.9 Å². The Hall–Kier alpha value is -5.17. The number of hydrogen-bond donors (Lipinski definition) is 1. The molecule has 3 heterocycles. The molecule has 1 amide bonds. The van der Waals surface area contributed by atoms with E-state index in [2.05, 4.69) is 5.32 Å². The van der Waals surface area contributed by atoms with Gasteiger partial charge in [0, 0.05) is 17.5 Å². The number of anilines is 1. The van der Waals surface area contributed by atoms with Gasteiger partial charge in [0.2, 0.25) is 5.91 Å². The van der Waals surface area contributed by atoms with E-state index in [0.29, 0.717) is 28.3 Å². The number of nitrogens with one attached hydrogen (secondary N) is 1. The summed E-state index contributed by atoms with van der Waals surface area (Å²) in [5, 5.41) is 3.07. The molecule has 3 aliphatic heterocycles. The SMILES string of the molecule is COc1ccc(OC)c(C(=O)[C@@H]2[C@@H](C(=O)c3ccccc3)[C@@]3(C(=O)Nc4ccccc43)[C@H]3c4ccccc4C=CN23)c1. The van der Waals surface area contributed by atoms with Crippen molar-refractivity contribution in [2.24, 2.45) is 5.92 Å². The van der Waals surface area contributed by atoms with E-state index in [-0.39, 0.29) is 23.0 Å². The fourth-order valence-electron chi connectivity index (χ4n) is 7.12. The summed E-state index contributed by atoms with van der Waals surface area (Å²) in [6, 6.07) is 27.6. The predicted molar refractivity (Wildman–Crippen MR) is 159 cm³/mol. The maximum absolute atomic E-state index is 14.9. The van der Waals surface area contributed by atoms with Crippen molar-refractivity contribution in [3.05, 3.63) is 131 Å². The summed E-state index contributed by atoms with van der Waals surface area (Å²) in [5.74, 6) is -1.12. The Labute approximate surface area is 243 Å². The number of para-hydroxylation sites is 1. The third-order valence-electron chi connectivity index (χ3n) is 8.85. The molecule has 7 nitrogen and oxygen atoms in total. The standard InChI is InChI=1S/C35H28N2O5/c1-41-23-16-17-28(42-2)25(20-23)32(39)30-29(31(38)22-11-4-3-5-12-22)35(26-14-8-9-15-27(26)36-34(35)40)33-24-13-7-6-10-21(24)18-19-37(30)33/h3-20,29-30,33H,1-2H3,(H,36,40)/t29-,30-,33+,35+/m0/s1. The maximum atomic E-state index is 14.9. The van der Waals surface area contributed by atoms with Crippen LogP contribution < -0.4 is 14.8 Å². The van der Waals surface area contributed by atoms with Gasteiger partial charge in [-0.15, -0.1) is 0 Å². The molecule has 7 heteroatoms. The summed E-state index contributed by atoms with van der Waals surface area (Å²) >= 11 is 0. The van der Waals surface area contributed by atoms with Crippen LogP contribution in [0.15, 0.2) is 103 Å². The van der Waals surface area contributed by atoms with Crippen molar-refractivity contribution in [3.8, 4) is 11.5 Å². The number of Topliss-reactive ketones (excluding diaryl/α,β-unsaturated/α-hetero) is 2. The molecule has 0 unspecified atom stereocenters. The van der Waals surface area contributed by atoms with Crippen molar-refractivity contribution >= 4 is 29.2 Å². The molecule has 1 saturated heterocycles. The van der Waals surface area contributed by atoms with Crippen LogP contribution in [-0.4, -0.2) is 42.6 Å². The van der Waals surface area contributed by atoms with Gasteiger partial charge in [-0.2, -0.15) is 0 Å². The molecule has 1 N–H and O–H groups in total. The molecule has 4 atom stereocenters. The second kappa shape index (κ2) is 9.73. The van der Waals surface area contributed by atoms with Crippen LogP contribution in [0.4, 0.5) is 5.69 Å². The highest BCUT2D eigenvalue weighted by molar-refractivity contribution is 6.17. The van der Waals surface area contributed by atoms with Gasteiger partial charge >= 0.3 is 0 Å². The van der Waals surface area contributed by atoms with Crippen molar-refractivity contribution in [1.82, 2.24) is 4.90 Å². The van der Waals surface area contributed by atoms with E-state index in [1.54, 1.807) is 42.5 Å². The van der Waals surface area contributed by atoms with Gasteiger partial charge in [-0.3, -0.25) is 14.4 Å². The minimum atomic E-state index is -1.39. The lowest BCUT2D eigenvalue weighted by molar-refractivity contribution is -0.122. The van der Waals surface area contributed by atoms with Gasteiger partial charge in [0.15, 0.2) is 11.6 Å². The Morgan fingerprint density at radius 3 is 2.36 bits per heavy atom. The molecule has 3 aliphatic rings. The molecule has 208 valence electrons. The minimum Gasteiger partial charge on any atom is -0.497 e. The van der Waals surface area contributed by atoms with E-state index in [9.17, 15) is 14.4 Å². The lowest BCUT2D eigenvalue weighted by Gasteiger charge is -2.38. The number of fused-ring (bicyclic) bond motifs is 6. The molecular weight excluding hydrogens is 528 g/mol. The molecule has 0 saturated carbocycles. The van der Waals surface area contributed by atoms with Crippen LogP contribution in [0.3, 0.4) is 0 Å². The van der Waals surface area contributed by atoms with Crippen molar-refractivity contribution in [2.45, 2.75) is 17.5 Å². The first kappa shape index (κ1) is 25.8. The zero-order chi connectivity index (χ0) is 29.0. The molecule has 1 spiro atoms. The highest BCUT2D eigenvalue weighted by atomic mass is 16.5. The Balaban J connectivity index is 1.54. The average molecular weight is 557 g/mol. The first-order valence-electron chi connectivity index (χ1n) is 13.8. The Morgan fingerprint density at radius 2 is 1.57 bits per heavy atom. The largest absolute Gasteiger partial charge is 0.497 e. The monoisotopic (exact) mass is 556 g/mol. The van der Waals surface area contributed by atoms with Gasteiger partial charge in [-0.25, -0.2) is 0 Å². The van der Waals surface area contributed by atoms with E-state index >= 15 is 0 Å². The van der Waals surface area contributed by atoms with Crippen LogP contribution in [0.25, 0.3) is 6.08 Å². The highest BCUT2D eigenvalue weighted by Crippen LogP contribution is 2.62. The second-order valence-electron chi connectivity index (χ2n) is 10.7. The smallest absolute Gasteiger partial charge is 0.238 e. The van der Waals surface area contributed by atoms with E-state index < -0.39 is 23.4 Å². The highest BCUT2D eigenvalue weighted by Gasteiger charge is 2.70. The summed E-state index contributed by atoms with van der Waals surface area (Å²) in [7, 11) is 3.03. The molecule has 0 aromatic heterocycles. The molecule has 0 radical (unpaired) electrons. The summed E-state index contributed by atoms with van der Waals surface area (Å²) in [4.78, 5) is 46.1. The van der Waals surface area contributed by atoms with Gasteiger partial charge in [0.1, 0.15) is 23.0 Å². The number of carbonyl (C=O) groups is 3. The number of rotatable bonds is 6. The number of ether oxygens (including phenoxy) is 2. The number of ketones is 2. The van der Waals surface area contributed by atoms with Crippen LogP contribution in [0.1, 0.15) is 43.4 Å². The molecule has 4 aromatic carbocycles. The third kappa shape index (κ3) is 3.49. The quantitative estimate of drug-likeness (QED) is 0.308. The second-order valence-corrected chi connectivity index (χ2v) is 10.7. The van der Waals surface area contributed by atoms with E-state index in [0.717, 1.165) is 11.1 Å². The summed E-state index contributed by atoms with van der Waals surface area (Å²) in [6.07, 6.45) is 3.80. The molecule has 0 bridgehead atoms. The van der Waals surface area contributed by atoms with E-state index in [4.69, 9.17) is 9.47 Å². The molecule has 0 aliphatic carbocycles. The lowest BCUT2D eigenvalue weighted by Crippen LogP contribution is -2.49. The molecule has 7 rings (SSSR count). The van der Waals surface area contributed by atoms with Gasteiger partial charge in [-0.1, -0.05) is 72.8 Å². The summed E-state index contributed by atoms with van der Waals surface area (Å²) in [6.45, 7) is 0. The lowest BCUT2D eigenvalue weighted by atomic mass is 9.62. The van der Waals surface area contributed by atoms with Crippen molar-refractivity contribution in [3.63, 3.8) is 0 Å². The van der Waals surface area contributed by atoms with E-state index in [1.807, 2.05) is 71.8 Å². The molecule has 1 fully saturated rings. The van der Waals surface area contributed by atoms with Crippen LogP contribution in [0, 0.1) is 5.92 Å². The van der Waals surface area contributed by atoms with Gasteiger partial charge in [-0.05, 0) is 47.0 Å². The topological polar surface area (TPSA) is 84.9 Å². The van der Waals surface area contributed by atoms with Crippen LogP contribution in [0.2, 0.25) is 0 Å². The molecular formula is C35H28N2O5. The number of carbonyl (C=O) groups excluding carboxylic acids is 3. The molecule has 42 heavy (non-hydrogen) atoms. The number of hydrogen-bond acceptors (Lipinski definition) is 6. The summed E-state index contributed by atoms with van der Waals surface area (Å²) < 4.78 is 11.1. The van der Waals surface area contributed by atoms with Crippen LogP contribution >= 0.6 is 0 Å². The van der Waals surface area contributed by atoms with Gasteiger partial charge in [0.05, 0.1) is 31.7 Å². The average Bonchev–Trinajstić information content (AvgIpc) is 3.52. The Morgan fingerprint density at radius 1 is 0.833 bits per heavy atom. The summed E-state index contributed by atoms with van der Waals surface area (Å²) in [5.41, 5.74) is 2.49. The fraction of sp³-hybridized carbons (Fsp3) is 0.171. The zero-order valence-electron chi connectivity index (χ0n) is 23.1. The first-order valence-corrected chi connectivity index (χ1v) is 13.8. The first-order chi connectivity index (χ1) is 20.5. The Kier molecular flexibility index (Phi) is 5.97. The number of methoxy groups -OCH3 is 2. The van der Waals surface area contributed by atoms with Crippen LogP contribution in [0.5, 0.6) is 11.5 Å². The minimum absolute atomic E-state index is 0.275. The van der Waals surface area contributed by atoms with Crippen LogP contribution in [-0.2, 0) is 10.2 Å². The molecule has 4 aromatic rings. The number of nitrogens with zero attached hydrogens (tertiary/aromatic N) is 1. The third-order valence-corrected chi connectivity index (χ3v) is 8.85. The fourth-order valence-corrected chi connectivity index (χ4v) is 7.12.